The summed E-state index contributed by atoms with van der Waals surface area (Å²) >= 11 is 0. The monoisotopic (exact) mass is 604 g/mol. The summed E-state index contributed by atoms with van der Waals surface area (Å²) in [7, 11) is 0. The van der Waals surface area contributed by atoms with E-state index < -0.39 is 47.9 Å². The van der Waals surface area contributed by atoms with E-state index in [4.69, 9.17) is 17.2 Å². The number of likely N-dealkylation sites (tertiary alicyclic amines) is 1. The van der Waals surface area contributed by atoms with Crippen LogP contribution in [0.5, 0.6) is 0 Å². The highest BCUT2D eigenvalue weighted by molar-refractivity contribution is 5.95. The van der Waals surface area contributed by atoms with E-state index >= 15 is 0 Å². The smallest absolute Gasteiger partial charge is 0.326 e. The van der Waals surface area contributed by atoms with Gasteiger partial charge in [0.2, 0.25) is 17.7 Å². The molecule has 234 valence electrons. The Morgan fingerprint density at radius 1 is 0.977 bits per heavy atom. The van der Waals surface area contributed by atoms with Crippen LogP contribution in [-0.4, -0.2) is 81.9 Å². The van der Waals surface area contributed by atoms with E-state index in [-0.39, 0.29) is 38.3 Å². The van der Waals surface area contributed by atoms with Crippen molar-refractivity contribution in [2.75, 3.05) is 13.1 Å². The molecule has 10 N–H and O–H groups in total. The Morgan fingerprint density at radius 2 is 1.68 bits per heavy atom. The quantitative estimate of drug-likeness (QED) is 0.0772. The molecule has 0 radical (unpaired) electrons. The molecule has 3 amide bonds. The van der Waals surface area contributed by atoms with E-state index in [9.17, 15) is 24.3 Å². The second-order valence-electron chi connectivity index (χ2n) is 11.0. The first-order chi connectivity index (χ1) is 21.1. The molecule has 1 saturated heterocycles. The lowest BCUT2D eigenvalue weighted by molar-refractivity contribution is -0.149. The van der Waals surface area contributed by atoms with Crippen molar-refractivity contribution in [3.05, 3.63) is 71.9 Å². The van der Waals surface area contributed by atoms with E-state index in [0.717, 1.165) is 22.0 Å². The lowest BCUT2D eigenvalue weighted by atomic mass is 10.0. The van der Waals surface area contributed by atoms with E-state index in [0.29, 0.717) is 19.3 Å². The topological polar surface area (TPSA) is 222 Å². The number of hydrogen-bond acceptors (Lipinski definition) is 6. The van der Waals surface area contributed by atoms with Gasteiger partial charge in [0.15, 0.2) is 5.96 Å². The number of aliphatic carboxylic acids is 1. The number of fused-ring (bicyclic) bond motifs is 1. The third kappa shape index (κ3) is 8.34. The molecule has 3 aromatic rings. The van der Waals surface area contributed by atoms with Gasteiger partial charge in [-0.25, -0.2) is 4.79 Å². The first-order valence-corrected chi connectivity index (χ1v) is 14.7. The third-order valence-corrected chi connectivity index (χ3v) is 7.75. The number of nitrogens with two attached hydrogens (primary N) is 3. The van der Waals surface area contributed by atoms with E-state index in [1.807, 2.05) is 54.6 Å². The molecule has 13 heteroatoms. The highest BCUT2D eigenvalue weighted by Gasteiger charge is 2.38. The first kappa shape index (κ1) is 32.0. The molecule has 4 rings (SSSR count). The van der Waals surface area contributed by atoms with Gasteiger partial charge in [-0.05, 0) is 49.3 Å². The normalized spacial score (nSPS) is 16.6. The number of aromatic amines is 1. The van der Waals surface area contributed by atoms with Crippen molar-refractivity contribution in [3.8, 4) is 0 Å². The molecule has 13 nitrogen and oxygen atoms in total. The largest absolute Gasteiger partial charge is 0.480 e. The molecule has 44 heavy (non-hydrogen) atoms. The molecule has 0 bridgehead atoms. The second-order valence-corrected chi connectivity index (χ2v) is 11.0. The van der Waals surface area contributed by atoms with E-state index in [1.165, 1.54) is 4.90 Å². The van der Waals surface area contributed by atoms with Crippen molar-refractivity contribution < 1.29 is 24.3 Å². The van der Waals surface area contributed by atoms with Crippen LogP contribution >= 0.6 is 0 Å². The number of aromatic nitrogens is 1. The first-order valence-electron chi connectivity index (χ1n) is 14.7. The minimum Gasteiger partial charge on any atom is -0.480 e. The summed E-state index contributed by atoms with van der Waals surface area (Å²) < 4.78 is 0. The number of hydrogen-bond donors (Lipinski definition) is 7. The molecule has 2 heterocycles. The molecule has 1 aliphatic heterocycles. The molecule has 0 aliphatic carbocycles. The molecule has 1 aromatic heterocycles. The summed E-state index contributed by atoms with van der Waals surface area (Å²) in [5.41, 5.74) is 19.6. The fourth-order valence-corrected chi connectivity index (χ4v) is 5.49. The van der Waals surface area contributed by atoms with Crippen LogP contribution in [-0.2, 0) is 32.0 Å². The number of aliphatic imine (C=N–C) groups is 1. The number of carboxylic acid groups (broad SMARTS) is 1. The predicted octanol–water partition coefficient (Wildman–Crippen LogP) is 0.379. The molecular weight excluding hydrogens is 564 g/mol. The average molecular weight is 605 g/mol. The number of nitrogens with one attached hydrogen (secondary N) is 3. The number of rotatable bonds is 14. The van der Waals surface area contributed by atoms with Gasteiger partial charge in [-0.3, -0.25) is 19.4 Å². The van der Waals surface area contributed by atoms with Gasteiger partial charge in [-0.15, -0.1) is 0 Å². The molecule has 4 unspecified atom stereocenters. The summed E-state index contributed by atoms with van der Waals surface area (Å²) in [6.45, 7) is 0.480. The molecular formula is C31H40N8O5. The fraction of sp³-hybridized carbons (Fsp3) is 0.387. The van der Waals surface area contributed by atoms with Gasteiger partial charge < -0.3 is 42.8 Å². The SMILES string of the molecule is NC(N)=NCCCC(NC(=O)C(Cc1c[nH]c2ccccc12)NC(=O)C(N)Cc1ccccc1)C(=O)N1CCCC1C(=O)O. The van der Waals surface area contributed by atoms with Crippen LogP contribution in [0.2, 0.25) is 0 Å². The zero-order valence-corrected chi connectivity index (χ0v) is 24.4. The van der Waals surface area contributed by atoms with Crippen molar-refractivity contribution in [2.45, 2.75) is 62.7 Å². The number of carboxylic acids is 1. The maximum atomic E-state index is 13.9. The van der Waals surface area contributed by atoms with Gasteiger partial charge in [-0.1, -0.05) is 48.5 Å². The van der Waals surface area contributed by atoms with Gasteiger partial charge in [0.1, 0.15) is 18.1 Å². The van der Waals surface area contributed by atoms with Crippen LogP contribution in [0.1, 0.15) is 36.8 Å². The number of nitrogens with zero attached hydrogens (tertiary/aromatic N) is 2. The van der Waals surface area contributed by atoms with Crippen LogP contribution in [0.15, 0.2) is 65.8 Å². The van der Waals surface area contributed by atoms with E-state index in [2.05, 4.69) is 20.6 Å². The van der Waals surface area contributed by atoms with Crippen molar-refractivity contribution in [1.82, 2.24) is 20.5 Å². The van der Waals surface area contributed by atoms with Crippen LogP contribution in [0.3, 0.4) is 0 Å². The van der Waals surface area contributed by atoms with Crippen LogP contribution in [0.4, 0.5) is 0 Å². The van der Waals surface area contributed by atoms with Gasteiger partial charge in [-0.2, -0.15) is 0 Å². The zero-order chi connectivity index (χ0) is 31.6. The second kappa shape index (κ2) is 15.0. The number of H-pyrrole nitrogens is 1. The van der Waals surface area contributed by atoms with Gasteiger partial charge in [0.05, 0.1) is 6.04 Å². The fourth-order valence-electron chi connectivity index (χ4n) is 5.49. The number of benzene rings is 2. The Bertz CT molecular complexity index is 1490. The van der Waals surface area contributed by atoms with Gasteiger partial charge in [0.25, 0.3) is 0 Å². The van der Waals surface area contributed by atoms with Crippen LogP contribution < -0.4 is 27.8 Å². The lowest BCUT2D eigenvalue weighted by Gasteiger charge is -2.29. The number of guanidine groups is 1. The maximum Gasteiger partial charge on any atom is 0.326 e. The zero-order valence-electron chi connectivity index (χ0n) is 24.4. The third-order valence-electron chi connectivity index (χ3n) is 7.75. The Hall–Kier alpha value is -4.91. The Balaban J connectivity index is 1.56. The Labute approximate surface area is 255 Å². The summed E-state index contributed by atoms with van der Waals surface area (Å²) in [6.07, 6.45) is 3.54. The van der Waals surface area contributed by atoms with E-state index in [1.54, 1.807) is 6.20 Å². The lowest BCUT2D eigenvalue weighted by Crippen LogP contribution is -2.57. The highest BCUT2D eigenvalue weighted by Crippen LogP contribution is 2.21. The molecule has 4 atom stereocenters. The number of para-hydroxylation sites is 1. The van der Waals surface area contributed by atoms with Crippen molar-refractivity contribution >= 4 is 40.6 Å². The van der Waals surface area contributed by atoms with Crippen molar-refractivity contribution in [1.29, 1.82) is 0 Å². The summed E-state index contributed by atoms with van der Waals surface area (Å²) in [5.74, 6) is -2.82. The number of carbonyl (C=O) groups excluding carboxylic acids is 3. The standard InChI is InChI=1S/C31H40N8O5/c32-22(16-19-8-2-1-3-9-19)27(40)38-25(17-20-18-36-23-11-5-4-10-21(20)23)28(41)37-24(12-6-14-35-31(33)34)29(42)39-15-7-13-26(39)30(43)44/h1-5,8-11,18,22,24-26,36H,6-7,12-17,32H2,(H,37,41)(H,38,40)(H,43,44)(H4,33,34,35). The van der Waals surface area contributed by atoms with Crippen LogP contribution in [0, 0.1) is 0 Å². The Morgan fingerprint density at radius 3 is 2.41 bits per heavy atom. The van der Waals surface area contributed by atoms with Crippen molar-refractivity contribution in [3.63, 3.8) is 0 Å². The number of amides is 3. The van der Waals surface area contributed by atoms with Crippen LogP contribution in [0.25, 0.3) is 10.9 Å². The predicted molar refractivity (Wildman–Crippen MR) is 166 cm³/mol. The minimum absolute atomic E-state index is 0.101. The average Bonchev–Trinajstić information content (AvgIpc) is 3.66. The summed E-state index contributed by atoms with van der Waals surface area (Å²) in [5, 5.41) is 16.1. The van der Waals surface area contributed by atoms with Crippen molar-refractivity contribution in [2.24, 2.45) is 22.2 Å². The molecule has 0 spiro atoms. The summed E-state index contributed by atoms with van der Waals surface area (Å²) in [4.78, 5) is 61.0. The van der Waals surface area contributed by atoms with Gasteiger partial charge in [0, 0.05) is 36.6 Å². The van der Waals surface area contributed by atoms with Gasteiger partial charge >= 0.3 is 5.97 Å². The molecule has 1 fully saturated rings. The molecule has 1 aliphatic rings. The Kier molecular flexibility index (Phi) is 10.9. The maximum absolute atomic E-state index is 13.9. The highest BCUT2D eigenvalue weighted by atomic mass is 16.4. The minimum atomic E-state index is -1.10. The molecule has 2 aromatic carbocycles. The summed E-state index contributed by atoms with van der Waals surface area (Å²) in [6, 6.07) is 12.9. The molecule has 0 saturated carbocycles. The number of carbonyl (C=O) groups is 4.